The lowest BCUT2D eigenvalue weighted by Gasteiger charge is -2.23. The molecule has 2 amide bonds. The Morgan fingerprint density at radius 1 is 1.56 bits per heavy atom. The lowest BCUT2D eigenvalue weighted by molar-refractivity contribution is 0.205. The Balaban J connectivity index is 2.43. The number of carbonyl (C=O) groups excluding carboxylic acids is 1. The molecule has 6 heteroatoms. The normalized spacial score (nSPS) is 19.3. The maximum atomic E-state index is 11.8. The maximum absolute atomic E-state index is 11.8. The third-order valence-electron chi connectivity index (χ3n) is 2.80. The Bertz CT molecular complexity index is 506. The van der Waals surface area contributed by atoms with Crippen molar-refractivity contribution in [2.75, 3.05) is 6.54 Å². The highest BCUT2D eigenvalue weighted by Gasteiger charge is 2.37. The molecule has 4 nitrogen and oxygen atoms in total. The van der Waals surface area contributed by atoms with E-state index < -0.39 is 0 Å². The molecule has 1 aromatic carbocycles. The highest BCUT2D eigenvalue weighted by molar-refractivity contribution is 9.10. The molecule has 0 radical (unpaired) electrons. The predicted octanol–water partition coefficient (Wildman–Crippen LogP) is 3.56. The molecule has 0 saturated carbocycles. The predicted molar refractivity (Wildman–Crippen MR) is 75.1 cm³/mol. The molecule has 1 aliphatic rings. The summed E-state index contributed by atoms with van der Waals surface area (Å²) in [4.78, 5) is 13.4. The Morgan fingerprint density at radius 3 is 2.94 bits per heavy atom. The third kappa shape index (κ3) is 2.37. The molecule has 1 saturated heterocycles. The molecule has 1 heterocycles. The number of amidine groups is 1. The van der Waals surface area contributed by atoms with Crippen LogP contribution < -0.4 is 5.32 Å². The zero-order valence-corrected chi connectivity index (χ0v) is 12.2. The zero-order valence-electron chi connectivity index (χ0n) is 9.84. The Hall–Kier alpha value is -1.07. The van der Waals surface area contributed by atoms with E-state index in [-0.39, 0.29) is 17.9 Å². The van der Waals surface area contributed by atoms with Gasteiger partial charge in [-0.15, -0.1) is 0 Å². The van der Waals surface area contributed by atoms with E-state index in [2.05, 4.69) is 21.2 Å². The molecule has 2 rings (SSSR count). The van der Waals surface area contributed by atoms with E-state index in [1.807, 2.05) is 13.0 Å². The molecular formula is C12H13BrClN3O. The van der Waals surface area contributed by atoms with Gasteiger partial charge in [-0.2, -0.15) is 0 Å². The van der Waals surface area contributed by atoms with E-state index in [1.54, 1.807) is 17.0 Å². The minimum Gasteiger partial charge on any atom is -0.310 e. The summed E-state index contributed by atoms with van der Waals surface area (Å²) >= 11 is 9.43. The van der Waals surface area contributed by atoms with Gasteiger partial charge < -0.3 is 4.90 Å². The molecule has 18 heavy (non-hydrogen) atoms. The van der Waals surface area contributed by atoms with Crippen molar-refractivity contribution in [3.63, 3.8) is 0 Å². The summed E-state index contributed by atoms with van der Waals surface area (Å²) in [5.41, 5.74) is 0.833. The van der Waals surface area contributed by atoms with E-state index in [0.717, 1.165) is 16.5 Å². The van der Waals surface area contributed by atoms with E-state index in [4.69, 9.17) is 17.0 Å². The van der Waals surface area contributed by atoms with Crippen LogP contribution in [0.2, 0.25) is 5.02 Å². The van der Waals surface area contributed by atoms with Crippen molar-refractivity contribution >= 4 is 39.4 Å². The monoisotopic (exact) mass is 329 g/mol. The van der Waals surface area contributed by atoms with Crippen molar-refractivity contribution in [2.24, 2.45) is 0 Å². The van der Waals surface area contributed by atoms with Gasteiger partial charge in [-0.1, -0.05) is 34.5 Å². The standard InChI is InChI=1S/C12H13BrClN3O/c1-2-5-17-10(11(15)16-12(17)18)8-6-7(14)3-4-9(8)13/h3-4,6,10H,2,5H2,1H3,(H2,15,16,18). The van der Waals surface area contributed by atoms with Gasteiger partial charge in [0.05, 0.1) is 0 Å². The highest BCUT2D eigenvalue weighted by Crippen LogP contribution is 2.33. The zero-order chi connectivity index (χ0) is 13.3. The second kappa shape index (κ2) is 5.28. The molecule has 2 N–H and O–H groups in total. The van der Waals surface area contributed by atoms with Crippen LogP contribution in [0, 0.1) is 5.41 Å². The van der Waals surface area contributed by atoms with Crippen LogP contribution >= 0.6 is 27.5 Å². The van der Waals surface area contributed by atoms with E-state index in [0.29, 0.717) is 11.6 Å². The third-order valence-corrected chi connectivity index (χ3v) is 3.76. The average molecular weight is 331 g/mol. The van der Waals surface area contributed by atoms with Crippen molar-refractivity contribution in [1.82, 2.24) is 10.2 Å². The second-order valence-electron chi connectivity index (χ2n) is 4.11. The molecular weight excluding hydrogens is 318 g/mol. The van der Waals surface area contributed by atoms with Gasteiger partial charge >= 0.3 is 6.03 Å². The number of hydrogen-bond donors (Lipinski definition) is 2. The van der Waals surface area contributed by atoms with Gasteiger partial charge in [0.1, 0.15) is 11.9 Å². The lowest BCUT2D eigenvalue weighted by Crippen LogP contribution is -2.30. The molecule has 1 unspecified atom stereocenters. The molecule has 0 spiro atoms. The van der Waals surface area contributed by atoms with Gasteiger partial charge in [-0.05, 0) is 30.2 Å². The number of carbonyl (C=O) groups is 1. The van der Waals surface area contributed by atoms with Gasteiger partial charge in [0.25, 0.3) is 0 Å². The van der Waals surface area contributed by atoms with Gasteiger partial charge in [0.15, 0.2) is 0 Å². The first-order chi connectivity index (χ1) is 8.54. The number of benzene rings is 1. The number of rotatable bonds is 3. The van der Waals surface area contributed by atoms with Crippen LogP contribution in [0.1, 0.15) is 24.9 Å². The van der Waals surface area contributed by atoms with Crippen molar-refractivity contribution in [2.45, 2.75) is 19.4 Å². The summed E-state index contributed by atoms with van der Waals surface area (Å²) in [6, 6.07) is 4.78. The van der Waals surface area contributed by atoms with Crippen LogP contribution in [-0.4, -0.2) is 23.3 Å². The summed E-state index contributed by atoms with van der Waals surface area (Å²) in [6.45, 7) is 2.61. The van der Waals surface area contributed by atoms with Crippen LogP contribution in [0.15, 0.2) is 22.7 Å². The largest absolute Gasteiger partial charge is 0.323 e. The summed E-state index contributed by atoms with van der Waals surface area (Å²) < 4.78 is 0.847. The number of hydrogen-bond acceptors (Lipinski definition) is 2. The SMILES string of the molecule is CCCN1C(=O)NC(=N)C1c1cc(Cl)ccc1Br. The topological polar surface area (TPSA) is 56.2 Å². The number of nitrogens with one attached hydrogen (secondary N) is 2. The fraction of sp³-hybridized carbons (Fsp3) is 0.333. The van der Waals surface area contributed by atoms with Crippen molar-refractivity contribution < 1.29 is 4.79 Å². The fourth-order valence-electron chi connectivity index (χ4n) is 2.05. The van der Waals surface area contributed by atoms with E-state index in [9.17, 15) is 4.79 Å². The summed E-state index contributed by atoms with van der Waals surface area (Å²) in [5, 5.41) is 11.1. The van der Waals surface area contributed by atoms with E-state index in [1.165, 1.54) is 0 Å². The quantitative estimate of drug-likeness (QED) is 0.875. The van der Waals surface area contributed by atoms with Gasteiger partial charge in [-0.25, -0.2) is 4.79 Å². The smallest absolute Gasteiger partial charge is 0.310 e. The Kier molecular flexibility index (Phi) is 3.92. The molecule has 1 aromatic rings. The molecule has 0 aromatic heterocycles. The Labute approximate surface area is 119 Å². The first-order valence-corrected chi connectivity index (χ1v) is 6.82. The molecule has 0 aliphatic carbocycles. The first-order valence-electron chi connectivity index (χ1n) is 5.65. The molecule has 1 fully saturated rings. The Morgan fingerprint density at radius 2 is 2.28 bits per heavy atom. The minimum absolute atomic E-state index is 0.191. The summed E-state index contributed by atoms with van der Waals surface area (Å²) in [7, 11) is 0. The van der Waals surface area contributed by atoms with Crippen molar-refractivity contribution in [3.8, 4) is 0 Å². The maximum Gasteiger partial charge on any atom is 0.323 e. The van der Waals surface area contributed by atoms with Gasteiger partial charge in [0, 0.05) is 16.0 Å². The summed E-state index contributed by atoms with van der Waals surface area (Å²) in [5.74, 6) is 0.191. The highest BCUT2D eigenvalue weighted by atomic mass is 79.9. The first kappa shape index (κ1) is 13.4. The van der Waals surface area contributed by atoms with Crippen molar-refractivity contribution in [3.05, 3.63) is 33.3 Å². The number of urea groups is 1. The number of amides is 2. The molecule has 1 aliphatic heterocycles. The minimum atomic E-state index is -0.384. The number of nitrogens with zero attached hydrogens (tertiary/aromatic N) is 1. The van der Waals surface area contributed by atoms with Crippen molar-refractivity contribution in [1.29, 1.82) is 5.41 Å². The average Bonchev–Trinajstić information content (AvgIpc) is 2.58. The van der Waals surface area contributed by atoms with Gasteiger partial charge in [-0.3, -0.25) is 10.7 Å². The van der Waals surface area contributed by atoms with Crippen LogP contribution in [0.5, 0.6) is 0 Å². The molecule has 96 valence electrons. The van der Waals surface area contributed by atoms with Crippen LogP contribution in [0.3, 0.4) is 0 Å². The van der Waals surface area contributed by atoms with Crippen LogP contribution in [0.4, 0.5) is 4.79 Å². The second-order valence-corrected chi connectivity index (χ2v) is 5.40. The molecule has 1 atom stereocenters. The van der Waals surface area contributed by atoms with Gasteiger partial charge in [0.2, 0.25) is 0 Å². The fourth-order valence-corrected chi connectivity index (χ4v) is 2.69. The lowest BCUT2D eigenvalue weighted by atomic mass is 10.1. The van der Waals surface area contributed by atoms with Crippen LogP contribution in [0.25, 0.3) is 0 Å². The van der Waals surface area contributed by atoms with E-state index >= 15 is 0 Å². The van der Waals surface area contributed by atoms with Crippen LogP contribution in [-0.2, 0) is 0 Å². The molecule has 0 bridgehead atoms. The summed E-state index contributed by atoms with van der Waals surface area (Å²) in [6.07, 6.45) is 0.843. The number of halogens is 2.